The summed E-state index contributed by atoms with van der Waals surface area (Å²) < 4.78 is 11.8. The first-order chi connectivity index (χ1) is 16.3. The van der Waals surface area contributed by atoms with Gasteiger partial charge in [-0.15, -0.1) is 5.01 Å². The van der Waals surface area contributed by atoms with E-state index >= 15 is 0 Å². The molecule has 0 spiro atoms. The minimum atomic E-state index is -0.750. The van der Waals surface area contributed by atoms with Crippen LogP contribution in [-0.2, 0) is 21.0 Å². The number of ether oxygens (including phenoxy) is 2. The SMILES string of the molecule is Cc1ncc2c(c1OC(=O)[C@@H]1CCCN1[N+]([O-])=NOCCC(C)C)CO[C@H]2c1ccc(Cl)cc1. The minimum Gasteiger partial charge on any atom is -0.569 e. The molecule has 182 valence electrons. The zero-order valence-corrected chi connectivity index (χ0v) is 20.3. The van der Waals surface area contributed by atoms with Gasteiger partial charge in [0.1, 0.15) is 12.7 Å². The van der Waals surface area contributed by atoms with E-state index in [4.69, 9.17) is 25.9 Å². The summed E-state index contributed by atoms with van der Waals surface area (Å²) in [5.74, 6) is 0.301. The Hall–Kier alpha value is -2.91. The molecule has 0 bridgehead atoms. The third-order valence-corrected chi connectivity index (χ3v) is 6.28. The van der Waals surface area contributed by atoms with Gasteiger partial charge in [0, 0.05) is 22.3 Å². The van der Waals surface area contributed by atoms with Crippen molar-refractivity contribution in [3.63, 3.8) is 0 Å². The lowest BCUT2D eigenvalue weighted by Gasteiger charge is -2.20. The average molecular weight is 489 g/mol. The van der Waals surface area contributed by atoms with Gasteiger partial charge in [-0.2, -0.15) is 0 Å². The van der Waals surface area contributed by atoms with Crippen LogP contribution in [0.15, 0.2) is 35.7 Å². The molecule has 1 aromatic carbocycles. The third-order valence-electron chi connectivity index (χ3n) is 6.03. The van der Waals surface area contributed by atoms with Crippen molar-refractivity contribution in [2.75, 3.05) is 13.2 Å². The van der Waals surface area contributed by atoms with Crippen LogP contribution in [0, 0.1) is 18.0 Å². The molecule has 1 saturated heterocycles. The molecule has 0 radical (unpaired) electrons. The first-order valence-corrected chi connectivity index (χ1v) is 11.9. The number of aromatic nitrogens is 1. The Balaban J connectivity index is 1.49. The molecule has 0 aliphatic carbocycles. The van der Waals surface area contributed by atoms with Gasteiger partial charge in [-0.1, -0.05) is 37.6 Å². The van der Waals surface area contributed by atoms with Gasteiger partial charge >= 0.3 is 5.97 Å². The number of fused-ring (bicyclic) bond motifs is 1. The molecule has 1 aromatic heterocycles. The molecule has 9 nitrogen and oxygen atoms in total. The maximum Gasteiger partial charge on any atom is 0.340 e. The van der Waals surface area contributed by atoms with E-state index in [9.17, 15) is 10.0 Å². The van der Waals surface area contributed by atoms with Crippen LogP contribution in [0.4, 0.5) is 0 Å². The fourth-order valence-corrected chi connectivity index (χ4v) is 4.25. The fraction of sp³-hybridized carbons (Fsp3) is 0.500. The van der Waals surface area contributed by atoms with Gasteiger partial charge in [-0.3, -0.25) is 4.98 Å². The fourth-order valence-electron chi connectivity index (χ4n) is 4.12. The van der Waals surface area contributed by atoms with Crippen LogP contribution in [0.2, 0.25) is 5.02 Å². The molecule has 4 rings (SSSR count). The predicted molar refractivity (Wildman–Crippen MR) is 124 cm³/mol. The lowest BCUT2D eigenvalue weighted by atomic mass is 10.0. The number of carbonyl (C=O) groups excluding carboxylic acids is 1. The van der Waals surface area contributed by atoms with Crippen molar-refractivity contribution in [3.8, 4) is 5.75 Å². The van der Waals surface area contributed by atoms with E-state index in [1.165, 1.54) is 5.01 Å². The van der Waals surface area contributed by atoms with Crippen molar-refractivity contribution >= 4 is 17.6 Å². The topological polar surface area (TPSA) is 99.3 Å². The van der Waals surface area contributed by atoms with E-state index < -0.39 is 12.0 Å². The second-order valence-electron chi connectivity index (χ2n) is 8.94. The lowest BCUT2D eigenvalue weighted by Crippen LogP contribution is -2.42. The third kappa shape index (κ3) is 5.26. The summed E-state index contributed by atoms with van der Waals surface area (Å²) in [4.78, 5) is 23.0. The van der Waals surface area contributed by atoms with Crippen molar-refractivity contribution in [2.45, 2.75) is 58.8 Å². The Kier molecular flexibility index (Phi) is 7.53. The second kappa shape index (κ2) is 10.6. The predicted octanol–water partition coefficient (Wildman–Crippen LogP) is 4.89. The molecule has 0 amide bonds. The minimum absolute atomic E-state index is 0.287. The number of hydrogen-bond donors (Lipinski definition) is 0. The van der Waals surface area contributed by atoms with Gasteiger partial charge in [-0.05, 0) is 49.8 Å². The Labute approximate surface area is 203 Å². The second-order valence-corrected chi connectivity index (χ2v) is 9.38. The average Bonchev–Trinajstić information content (AvgIpc) is 3.46. The molecular formula is C24H29ClN4O5. The van der Waals surface area contributed by atoms with Gasteiger partial charge in [0.15, 0.2) is 11.8 Å². The van der Waals surface area contributed by atoms with Gasteiger partial charge in [0.25, 0.3) is 0 Å². The standard InChI is InChI=1S/C24H29ClN4O5/c1-15(2)10-12-33-27-29(31)28-11-4-5-21(28)24(30)34-22-16(3)26-13-19-20(22)14-32-23(19)17-6-8-18(25)9-7-17/h6-9,13,15,21,23H,4-5,10-12,14H2,1-3H3/t21-,23-/m0/s1. The van der Waals surface area contributed by atoms with Crippen molar-refractivity contribution in [1.82, 2.24) is 9.99 Å². The number of hydrogen-bond acceptors (Lipinski definition) is 7. The number of benzene rings is 1. The highest BCUT2D eigenvalue weighted by Crippen LogP contribution is 2.41. The summed E-state index contributed by atoms with van der Waals surface area (Å²) in [7, 11) is 0. The summed E-state index contributed by atoms with van der Waals surface area (Å²) in [6, 6.07) is 6.67. The van der Waals surface area contributed by atoms with E-state index in [1.54, 1.807) is 13.1 Å². The molecule has 34 heavy (non-hydrogen) atoms. The van der Waals surface area contributed by atoms with Crippen LogP contribution in [0.1, 0.15) is 61.6 Å². The summed E-state index contributed by atoms with van der Waals surface area (Å²) >= 11 is 6.01. The maximum absolute atomic E-state index is 13.1. The van der Waals surface area contributed by atoms with E-state index in [0.717, 1.165) is 23.1 Å². The van der Waals surface area contributed by atoms with E-state index in [-0.39, 0.29) is 12.7 Å². The number of pyridine rings is 1. The quantitative estimate of drug-likeness (QED) is 0.171. The van der Waals surface area contributed by atoms with Crippen molar-refractivity contribution < 1.29 is 24.1 Å². The first-order valence-electron chi connectivity index (χ1n) is 11.5. The molecule has 0 unspecified atom stereocenters. The number of aryl methyl sites for hydroxylation is 1. The normalized spacial score (nSPS) is 20.0. The highest BCUT2D eigenvalue weighted by molar-refractivity contribution is 6.30. The zero-order valence-electron chi connectivity index (χ0n) is 19.6. The lowest BCUT2D eigenvalue weighted by molar-refractivity contribution is -0.712. The molecule has 0 N–H and O–H groups in total. The number of esters is 1. The van der Waals surface area contributed by atoms with Crippen molar-refractivity contribution in [3.05, 3.63) is 63.1 Å². The highest BCUT2D eigenvalue weighted by atomic mass is 35.5. The van der Waals surface area contributed by atoms with E-state index in [0.29, 0.717) is 53.3 Å². The number of carbonyl (C=O) groups is 1. The van der Waals surface area contributed by atoms with Crippen LogP contribution in [0.3, 0.4) is 0 Å². The highest BCUT2D eigenvalue weighted by Gasteiger charge is 2.40. The molecule has 1 fully saturated rings. The molecule has 3 heterocycles. The summed E-state index contributed by atoms with van der Waals surface area (Å²) in [5.41, 5.74) is 3.15. The van der Waals surface area contributed by atoms with E-state index in [1.807, 2.05) is 24.3 Å². The number of hydrazine groups is 1. The molecule has 2 aromatic rings. The van der Waals surface area contributed by atoms with Crippen LogP contribution >= 0.6 is 11.6 Å². The maximum atomic E-state index is 13.1. The van der Waals surface area contributed by atoms with Crippen LogP contribution < -0.4 is 4.74 Å². The Morgan fingerprint density at radius 2 is 2.15 bits per heavy atom. The number of halogens is 1. The monoisotopic (exact) mass is 488 g/mol. The van der Waals surface area contributed by atoms with Gasteiger partial charge in [0.2, 0.25) is 5.28 Å². The van der Waals surface area contributed by atoms with E-state index in [2.05, 4.69) is 24.1 Å². The zero-order chi connectivity index (χ0) is 24.2. The molecule has 2 aliphatic heterocycles. The van der Waals surface area contributed by atoms with Crippen molar-refractivity contribution in [1.29, 1.82) is 0 Å². The largest absolute Gasteiger partial charge is 0.569 e. The molecular weight excluding hydrogens is 460 g/mol. The Bertz CT molecular complexity index is 1060. The Morgan fingerprint density at radius 3 is 2.88 bits per heavy atom. The number of rotatable bonds is 8. The Morgan fingerprint density at radius 1 is 1.38 bits per heavy atom. The number of nitrogens with zero attached hydrogens (tertiary/aromatic N) is 4. The first kappa shape index (κ1) is 24.2. The molecule has 2 aliphatic rings. The summed E-state index contributed by atoms with van der Waals surface area (Å²) in [5, 5.41) is 18.0. The van der Waals surface area contributed by atoms with Crippen LogP contribution in [0.25, 0.3) is 0 Å². The van der Waals surface area contributed by atoms with Crippen LogP contribution in [0.5, 0.6) is 5.75 Å². The van der Waals surface area contributed by atoms with Gasteiger partial charge < -0.3 is 19.5 Å². The molecule has 10 heteroatoms. The summed E-state index contributed by atoms with van der Waals surface area (Å²) in [6.07, 6.45) is 3.38. The molecule has 2 atom stereocenters. The summed E-state index contributed by atoms with van der Waals surface area (Å²) in [6.45, 7) is 6.93. The van der Waals surface area contributed by atoms with Gasteiger partial charge in [0.05, 0.1) is 23.8 Å². The van der Waals surface area contributed by atoms with Crippen molar-refractivity contribution in [2.24, 2.45) is 11.2 Å². The molecule has 0 saturated carbocycles. The van der Waals surface area contributed by atoms with Gasteiger partial charge in [-0.25, -0.2) is 4.79 Å². The van der Waals surface area contributed by atoms with Crippen LogP contribution in [-0.4, -0.2) is 40.1 Å². The smallest absolute Gasteiger partial charge is 0.340 e.